The molecule has 0 fully saturated rings. The van der Waals surface area contributed by atoms with Gasteiger partial charge in [0, 0.05) is 23.8 Å². The van der Waals surface area contributed by atoms with Gasteiger partial charge < -0.3 is 0 Å². The van der Waals surface area contributed by atoms with E-state index in [0.717, 1.165) is 0 Å². The summed E-state index contributed by atoms with van der Waals surface area (Å²) in [7, 11) is 0. The third-order valence-corrected chi connectivity index (χ3v) is 3.01. The minimum Gasteiger partial charge on any atom is -0.289 e. The molecule has 120 valence electrons. The van der Waals surface area contributed by atoms with Crippen LogP contribution in [0.1, 0.15) is 15.9 Å². The lowest BCUT2D eigenvalue weighted by atomic mass is 10.0. The van der Waals surface area contributed by atoms with Gasteiger partial charge in [-0.15, -0.1) is 0 Å². The zero-order valence-corrected chi connectivity index (χ0v) is 12.3. The summed E-state index contributed by atoms with van der Waals surface area (Å²) in [5, 5.41) is 12.8. The van der Waals surface area contributed by atoms with Crippen LogP contribution in [0.4, 0.5) is 5.69 Å². The van der Waals surface area contributed by atoms with Gasteiger partial charge in [0.1, 0.15) is 5.56 Å². The van der Waals surface area contributed by atoms with E-state index in [1.807, 2.05) is 5.32 Å². The maximum Gasteiger partial charge on any atom is 0.280 e. The number of amides is 2. The van der Waals surface area contributed by atoms with Crippen molar-refractivity contribution in [3.8, 4) is 0 Å². The van der Waals surface area contributed by atoms with Gasteiger partial charge in [-0.25, -0.2) is 0 Å². The first kappa shape index (κ1) is 16.8. The molecule has 0 spiro atoms. The van der Waals surface area contributed by atoms with E-state index in [1.54, 1.807) is 42.5 Å². The van der Waals surface area contributed by atoms with Crippen molar-refractivity contribution in [3.05, 3.63) is 88.0 Å². The van der Waals surface area contributed by atoms with E-state index in [9.17, 15) is 24.5 Å². The molecule has 7 nitrogen and oxygen atoms in total. The second-order valence-corrected chi connectivity index (χ2v) is 4.66. The van der Waals surface area contributed by atoms with Crippen molar-refractivity contribution in [2.45, 2.75) is 0 Å². The molecule has 2 aromatic carbocycles. The van der Waals surface area contributed by atoms with Crippen molar-refractivity contribution in [2.75, 3.05) is 0 Å². The SMILES string of the molecule is O=C(c1ccccc1)c1ccccc1[N+](=O)[O-].O=C1C=CC(=O)N1. The van der Waals surface area contributed by atoms with Gasteiger partial charge in [0.2, 0.25) is 0 Å². The molecule has 1 N–H and O–H groups in total. The van der Waals surface area contributed by atoms with Crippen LogP contribution in [0.5, 0.6) is 0 Å². The molecule has 0 unspecified atom stereocenters. The molecule has 0 aliphatic carbocycles. The van der Waals surface area contributed by atoms with Crippen molar-refractivity contribution >= 4 is 23.3 Å². The molecular weight excluding hydrogens is 312 g/mol. The van der Waals surface area contributed by atoms with Crippen LogP contribution >= 0.6 is 0 Å². The van der Waals surface area contributed by atoms with Crippen molar-refractivity contribution in [2.24, 2.45) is 0 Å². The number of imide groups is 1. The minimum absolute atomic E-state index is 0.115. The molecule has 0 bridgehead atoms. The molecule has 0 saturated carbocycles. The summed E-state index contributed by atoms with van der Waals surface area (Å²) in [5.41, 5.74) is 0.395. The molecule has 2 amide bonds. The highest BCUT2D eigenvalue weighted by Gasteiger charge is 2.19. The summed E-state index contributed by atoms with van der Waals surface area (Å²) < 4.78 is 0. The lowest BCUT2D eigenvalue weighted by Crippen LogP contribution is -2.19. The Morgan fingerprint density at radius 2 is 1.42 bits per heavy atom. The van der Waals surface area contributed by atoms with Crippen LogP contribution in [-0.4, -0.2) is 22.5 Å². The number of nitro benzene ring substituents is 1. The fourth-order valence-corrected chi connectivity index (χ4v) is 1.93. The van der Waals surface area contributed by atoms with Crippen LogP contribution in [0, 0.1) is 10.1 Å². The van der Waals surface area contributed by atoms with Gasteiger partial charge in [0.05, 0.1) is 4.92 Å². The molecule has 1 aliphatic rings. The summed E-state index contributed by atoms with van der Waals surface area (Å²) in [6, 6.07) is 14.5. The van der Waals surface area contributed by atoms with Crippen LogP contribution in [-0.2, 0) is 9.59 Å². The largest absolute Gasteiger partial charge is 0.289 e. The van der Waals surface area contributed by atoms with Gasteiger partial charge in [0.15, 0.2) is 5.78 Å². The quantitative estimate of drug-likeness (QED) is 0.402. The smallest absolute Gasteiger partial charge is 0.280 e. The Balaban J connectivity index is 0.000000249. The molecule has 0 radical (unpaired) electrons. The Labute approximate surface area is 136 Å². The molecule has 24 heavy (non-hydrogen) atoms. The highest BCUT2D eigenvalue weighted by Crippen LogP contribution is 2.20. The number of carbonyl (C=O) groups is 3. The van der Waals surface area contributed by atoms with Crippen molar-refractivity contribution in [1.29, 1.82) is 0 Å². The lowest BCUT2D eigenvalue weighted by Gasteiger charge is -2.01. The Kier molecular flexibility index (Phi) is 5.30. The number of hydrogen-bond donors (Lipinski definition) is 1. The number of ketones is 1. The Morgan fingerprint density at radius 3 is 1.92 bits per heavy atom. The standard InChI is InChI=1S/C13H9NO3.C4H3NO2/c15-13(10-6-2-1-3-7-10)11-8-4-5-9-12(11)14(16)17;6-3-1-2-4(7)5-3/h1-9H;1-2H,(H,5,6,7). The third-order valence-electron chi connectivity index (χ3n) is 3.01. The van der Waals surface area contributed by atoms with Crippen LogP contribution < -0.4 is 5.32 Å². The van der Waals surface area contributed by atoms with E-state index in [4.69, 9.17) is 0 Å². The number of benzene rings is 2. The predicted molar refractivity (Wildman–Crippen MR) is 85.3 cm³/mol. The minimum atomic E-state index is -0.545. The average Bonchev–Trinajstić information content (AvgIpc) is 2.98. The van der Waals surface area contributed by atoms with Gasteiger partial charge in [-0.1, -0.05) is 42.5 Å². The summed E-state index contributed by atoms with van der Waals surface area (Å²) in [6.45, 7) is 0. The van der Waals surface area contributed by atoms with Crippen LogP contribution in [0.3, 0.4) is 0 Å². The predicted octanol–water partition coefficient (Wildman–Crippen LogP) is 2.02. The third kappa shape index (κ3) is 4.20. The number of carbonyl (C=O) groups excluding carboxylic acids is 3. The second kappa shape index (κ2) is 7.59. The molecule has 0 atom stereocenters. The molecule has 3 rings (SSSR count). The normalized spacial score (nSPS) is 12.2. The van der Waals surface area contributed by atoms with Gasteiger partial charge in [-0.2, -0.15) is 0 Å². The van der Waals surface area contributed by atoms with Crippen LogP contribution in [0.25, 0.3) is 0 Å². The molecule has 0 saturated heterocycles. The van der Waals surface area contributed by atoms with Gasteiger partial charge in [-0.3, -0.25) is 29.8 Å². The molecule has 2 aromatic rings. The topological polar surface area (TPSA) is 106 Å². The van der Waals surface area contributed by atoms with Crippen molar-refractivity contribution < 1.29 is 19.3 Å². The summed E-state index contributed by atoms with van der Waals surface area (Å²) >= 11 is 0. The number of hydrogen-bond acceptors (Lipinski definition) is 5. The van der Waals surface area contributed by atoms with Crippen molar-refractivity contribution in [3.63, 3.8) is 0 Å². The van der Waals surface area contributed by atoms with E-state index in [0.29, 0.717) is 5.56 Å². The summed E-state index contributed by atoms with van der Waals surface area (Å²) in [5.74, 6) is -0.993. The Bertz CT molecular complexity index is 812. The fourth-order valence-electron chi connectivity index (χ4n) is 1.93. The fraction of sp³-hybridized carbons (Fsp3) is 0. The zero-order chi connectivity index (χ0) is 17.5. The summed E-state index contributed by atoms with van der Waals surface area (Å²) in [4.78, 5) is 42.4. The average molecular weight is 324 g/mol. The first-order valence-corrected chi connectivity index (χ1v) is 6.85. The number of nitrogens with one attached hydrogen (secondary N) is 1. The van der Waals surface area contributed by atoms with Crippen molar-refractivity contribution in [1.82, 2.24) is 5.32 Å². The van der Waals surface area contributed by atoms with E-state index in [2.05, 4.69) is 0 Å². The van der Waals surface area contributed by atoms with Gasteiger partial charge in [0.25, 0.3) is 17.5 Å². The van der Waals surface area contributed by atoms with E-state index < -0.39 is 4.92 Å². The first-order chi connectivity index (χ1) is 11.5. The van der Waals surface area contributed by atoms with Crippen LogP contribution in [0.2, 0.25) is 0 Å². The van der Waals surface area contributed by atoms with E-state index >= 15 is 0 Å². The number of nitrogens with zero attached hydrogens (tertiary/aromatic N) is 1. The molecular formula is C17H12N2O5. The number of nitro groups is 1. The summed E-state index contributed by atoms with van der Waals surface area (Å²) in [6.07, 6.45) is 2.39. The zero-order valence-electron chi connectivity index (χ0n) is 12.3. The first-order valence-electron chi connectivity index (χ1n) is 6.85. The molecule has 0 aromatic heterocycles. The second-order valence-electron chi connectivity index (χ2n) is 4.66. The Hall–Kier alpha value is -3.61. The highest BCUT2D eigenvalue weighted by molar-refractivity contribution is 6.13. The van der Waals surface area contributed by atoms with E-state index in [1.165, 1.54) is 24.3 Å². The maximum absolute atomic E-state index is 12.1. The number of rotatable bonds is 3. The van der Waals surface area contributed by atoms with E-state index in [-0.39, 0.29) is 28.8 Å². The maximum atomic E-state index is 12.1. The van der Waals surface area contributed by atoms with Crippen LogP contribution in [0.15, 0.2) is 66.7 Å². The highest BCUT2D eigenvalue weighted by atomic mass is 16.6. The number of para-hydroxylation sites is 1. The van der Waals surface area contributed by atoms with Gasteiger partial charge in [-0.05, 0) is 6.07 Å². The molecule has 1 heterocycles. The monoisotopic (exact) mass is 324 g/mol. The lowest BCUT2D eigenvalue weighted by molar-refractivity contribution is -0.385. The van der Waals surface area contributed by atoms with Gasteiger partial charge >= 0.3 is 0 Å². The molecule has 1 aliphatic heterocycles. The Morgan fingerprint density at radius 1 is 0.875 bits per heavy atom. The molecule has 7 heteroatoms.